The molecule has 1 rings (SSSR count). The van der Waals surface area contributed by atoms with Gasteiger partial charge in [-0.05, 0) is 37.0 Å². The van der Waals surface area contributed by atoms with Gasteiger partial charge in [-0.25, -0.2) is 8.42 Å². The summed E-state index contributed by atoms with van der Waals surface area (Å²) in [5.74, 6) is -0.194. The Bertz CT molecular complexity index is 627. The van der Waals surface area contributed by atoms with Gasteiger partial charge in [0.1, 0.15) is 6.54 Å². The van der Waals surface area contributed by atoms with E-state index in [1.165, 1.54) is 4.31 Å². The average molecular weight is 340 g/mol. The Hall–Kier alpha value is -1.56. The van der Waals surface area contributed by atoms with E-state index in [4.69, 9.17) is 0 Å². The molecule has 1 aromatic rings. The van der Waals surface area contributed by atoms with E-state index in [1.807, 2.05) is 26.0 Å². The predicted molar refractivity (Wildman–Crippen MR) is 95.3 cm³/mol. The van der Waals surface area contributed by atoms with Gasteiger partial charge in [0.15, 0.2) is 0 Å². The van der Waals surface area contributed by atoms with Crippen molar-refractivity contribution in [3.05, 3.63) is 29.8 Å². The largest absolute Gasteiger partial charge is 0.342 e. The van der Waals surface area contributed by atoms with Crippen molar-refractivity contribution in [3.63, 3.8) is 0 Å². The molecular formula is C17H28N2O3S. The van der Waals surface area contributed by atoms with E-state index in [0.717, 1.165) is 11.8 Å². The maximum absolute atomic E-state index is 12.3. The number of hydrogen-bond acceptors (Lipinski definition) is 3. The lowest BCUT2D eigenvalue weighted by Crippen LogP contribution is -2.42. The molecule has 0 aromatic heterocycles. The quantitative estimate of drug-likeness (QED) is 0.800. The molecule has 23 heavy (non-hydrogen) atoms. The van der Waals surface area contributed by atoms with Gasteiger partial charge in [-0.3, -0.25) is 9.10 Å². The van der Waals surface area contributed by atoms with Crippen LogP contribution in [0.3, 0.4) is 0 Å². The molecule has 1 aromatic carbocycles. The monoisotopic (exact) mass is 340 g/mol. The summed E-state index contributed by atoms with van der Waals surface area (Å²) >= 11 is 0. The van der Waals surface area contributed by atoms with Crippen LogP contribution in [0.2, 0.25) is 0 Å². The van der Waals surface area contributed by atoms with Crippen LogP contribution in [0.15, 0.2) is 24.3 Å². The zero-order valence-corrected chi connectivity index (χ0v) is 15.8. The number of likely N-dealkylation sites (N-methyl/N-ethyl adjacent to an activating group) is 1. The number of carbonyl (C=O) groups excluding carboxylic acids is 1. The first-order chi connectivity index (χ1) is 10.5. The Labute approximate surface area is 140 Å². The summed E-state index contributed by atoms with van der Waals surface area (Å²) in [6.45, 7) is 11.0. The Morgan fingerprint density at radius 3 is 1.87 bits per heavy atom. The fourth-order valence-electron chi connectivity index (χ4n) is 2.33. The Morgan fingerprint density at radius 2 is 1.52 bits per heavy atom. The second-order valence-corrected chi connectivity index (χ2v) is 8.54. The van der Waals surface area contributed by atoms with Crippen LogP contribution < -0.4 is 4.31 Å². The lowest BCUT2D eigenvalue weighted by atomic mass is 9.87. The predicted octanol–water partition coefficient (Wildman–Crippen LogP) is 2.62. The minimum Gasteiger partial charge on any atom is -0.342 e. The van der Waals surface area contributed by atoms with Crippen LogP contribution in [-0.4, -0.2) is 45.1 Å². The minimum atomic E-state index is -3.53. The molecule has 6 heteroatoms. The maximum atomic E-state index is 12.3. The number of rotatable bonds is 6. The van der Waals surface area contributed by atoms with Crippen molar-refractivity contribution in [2.24, 2.45) is 0 Å². The highest BCUT2D eigenvalue weighted by molar-refractivity contribution is 7.92. The Kier molecular flexibility index (Phi) is 6.22. The van der Waals surface area contributed by atoms with E-state index in [-0.39, 0.29) is 17.9 Å². The molecule has 5 nitrogen and oxygen atoms in total. The van der Waals surface area contributed by atoms with Crippen LogP contribution in [0.25, 0.3) is 0 Å². The molecule has 1 amide bonds. The van der Waals surface area contributed by atoms with Gasteiger partial charge in [-0.2, -0.15) is 0 Å². The highest BCUT2D eigenvalue weighted by atomic mass is 32.2. The number of benzene rings is 1. The fourth-order valence-corrected chi connectivity index (χ4v) is 3.18. The van der Waals surface area contributed by atoms with E-state index >= 15 is 0 Å². The first kappa shape index (κ1) is 19.5. The van der Waals surface area contributed by atoms with Gasteiger partial charge in [0.2, 0.25) is 15.9 Å². The van der Waals surface area contributed by atoms with Gasteiger partial charge in [-0.15, -0.1) is 0 Å². The normalized spacial score (nSPS) is 12.1. The molecule has 0 unspecified atom stereocenters. The van der Waals surface area contributed by atoms with Crippen molar-refractivity contribution in [2.75, 3.05) is 30.2 Å². The van der Waals surface area contributed by atoms with Gasteiger partial charge >= 0.3 is 0 Å². The number of sulfonamides is 1. The summed E-state index contributed by atoms with van der Waals surface area (Å²) < 4.78 is 25.4. The lowest BCUT2D eigenvalue weighted by molar-refractivity contribution is -0.129. The third-order valence-corrected chi connectivity index (χ3v) is 4.96. The molecule has 0 N–H and O–H groups in total. The lowest BCUT2D eigenvalue weighted by Gasteiger charge is -2.27. The molecule has 0 aliphatic heterocycles. The minimum absolute atomic E-state index is 0.00844. The highest BCUT2D eigenvalue weighted by Crippen LogP contribution is 2.25. The van der Waals surface area contributed by atoms with Crippen molar-refractivity contribution in [1.29, 1.82) is 0 Å². The van der Waals surface area contributed by atoms with Crippen molar-refractivity contribution in [2.45, 2.75) is 40.0 Å². The summed E-state index contributed by atoms with van der Waals surface area (Å²) in [7, 11) is -3.53. The zero-order chi connectivity index (χ0) is 17.8. The van der Waals surface area contributed by atoms with Crippen molar-refractivity contribution < 1.29 is 13.2 Å². The number of carbonyl (C=O) groups is 1. The number of hydrogen-bond donors (Lipinski definition) is 0. The molecule has 0 spiro atoms. The molecular weight excluding hydrogens is 312 g/mol. The summed E-state index contributed by atoms with van der Waals surface area (Å²) in [6.07, 6.45) is 1.13. The van der Waals surface area contributed by atoms with E-state index in [0.29, 0.717) is 18.8 Å². The van der Waals surface area contributed by atoms with E-state index in [2.05, 4.69) is 20.8 Å². The molecule has 130 valence electrons. The van der Waals surface area contributed by atoms with Gasteiger partial charge in [-0.1, -0.05) is 32.9 Å². The molecule has 0 fully saturated rings. The maximum Gasteiger partial charge on any atom is 0.243 e. The van der Waals surface area contributed by atoms with Crippen molar-refractivity contribution in [3.8, 4) is 0 Å². The molecule has 0 saturated heterocycles. The van der Waals surface area contributed by atoms with Gasteiger partial charge in [0, 0.05) is 13.1 Å². The van der Waals surface area contributed by atoms with E-state index < -0.39 is 10.0 Å². The van der Waals surface area contributed by atoms with Crippen LogP contribution in [-0.2, 0) is 20.2 Å². The molecule has 0 saturated carbocycles. The summed E-state index contributed by atoms with van der Waals surface area (Å²) in [5.41, 5.74) is 1.62. The van der Waals surface area contributed by atoms with Gasteiger partial charge < -0.3 is 4.90 Å². The molecule has 0 atom stereocenters. The van der Waals surface area contributed by atoms with Crippen LogP contribution >= 0.6 is 0 Å². The molecule has 0 aliphatic carbocycles. The van der Waals surface area contributed by atoms with Crippen molar-refractivity contribution in [1.82, 2.24) is 4.90 Å². The molecule has 0 radical (unpaired) electrons. The van der Waals surface area contributed by atoms with Crippen LogP contribution in [0.4, 0.5) is 5.69 Å². The first-order valence-corrected chi connectivity index (χ1v) is 9.71. The second-order valence-electron chi connectivity index (χ2n) is 6.63. The smallest absolute Gasteiger partial charge is 0.243 e. The standard InChI is InChI=1S/C17H28N2O3S/c1-7-18(8-2)16(20)13-19(23(6,21)22)15-11-9-14(10-12-15)17(3,4)5/h9-12H,7-8,13H2,1-6H3. The van der Waals surface area contributed by atoms with Crippen molar-refractivity contribution >= 4 is 21.6 Å². The van der Waals surface area contributed by atoms with Gasteiger partial charge in [0.05, 0.1) is 11.9 Å². The molecule has 0 aliphatic rings. The number of nitrogens with zero attached hydrogens (tertiary/aromatic N) is 2. The topological polar surface area (TPSA) is 57.7 Å². The summed E-state index contributed by atoms with van der Waals surface area (Å²) in [6, 6.07) is 7.35. The first-order valence-electron chi connectivity index (χ1n) is 7.86. The van der Waals surface area contributed by atoms with Gasteiger partial charge in [0.25, 0.3) is 0 Å². The average Bonchev–Trinajstić information content (AvgIpc) is 2.44. The Morgan fingerprint density at radius 1 is 1.04 bits per heavy atom. The molecule has 0 heterocycles. The zero-order valence-electron chi connectivity index (χ0n) is 15.0. The van der Waals surface area contributed by atoms with Crippen LogP contribution in [0.1, 0.15) is 40.2 Å². The molecule has 0 bridgehead atoms. The van der Waals surface area contributed by atoms with E-state index in [9.17, 15) is 13.2 Å². The highest BCUT2D eigenvalue weighted by Gasteiger charge is 2.23. The number of anilines is 1. The third kappa shape index (κ3) is 5.23. The summed E-state index contributed by atoms with van der Waals surface area (Å²) in [5, 5.41) is 0. The SMILES string of the molecule is CCN(CC)C(=O)CN(c1ccc(C(C)(C)C)cc1)S(C)(=O)=O. The number of amides is 1. The van der Waals surface area contributed by atoms with Crippen LogP contribution in [0, 0.1) is 0 Å². The summed E-state index contributed by atoms with van der Waals surface area (Å²) in [4.78, 5) is 13.9. The van der Waals surface area contributed by atoms with E-state index in [1.54, 1.807) is 17.0 Å². The van der Waals surface area contributed by atoms with Crippen LogP contribution in [0.5, 0.6) is 0 Å². The second kappa shape index (κ2) is 7.34. The third-order valence-electron chi connectivity index (χ3n) is 3.82. The Balaban J connectivity index is 3.12. The fraction of sp³-hybridized carbons (Fsp3) is 0.588.